The normalized spacial score (nSPS) is 10.4. The van der Waals surface area contributed by atoms with Gasteiger partial charge >= 0.3 is 0 Å². The number of hydrogen-bond donors (Lipinski definition) is 2. The molecule has 1 amide bonds. The van der Waals surface area contributed by atoms with Gasteiger partial charge in [-0.3, -0.25) is 4.79 Å². The molecule has 0 aliphatic rings. The predicted molar refractivity (Wildman–Crippen MR) is 67.1 cm³/mol. The van der Waals surface area contributed by atoms with Gasteiger partial charge in [-0.25, -0.2) is 13.2 Å². The van der Waals surface area contributed by atoms with Crippen LogP contribution in [0.25, 0.3) is 0 Å². The average molecular weight is 281 g/mol. The highest BCUT2D eigenvalue weighted by Gasteiger charge is 2.15. The van der Waals surface area contributed by atoms with Crippen molar-refractivity contribution in [3.05, 3.63) is 58.9 Å². The van der Waals surface area contributed by atoms with E-state index in [1.165, 1.54) is 6.92 Å². The van der Waals surface area contributed by atoms with Crippen molar-refractivity contribution in [2.75, 3.05) is 5.32 Å². The Hall–Kier alpha value is -2.50. The Bertz CT molecular complexity index is 686. The Balaban J connectivity index is 2.30. The summed E-state index contributed by atoms with van der Waals surface area (Å²) in [4.78, 5) is 11.8. The van der Waals surface area contributed by atoms with Crippen molar-refractivity contribution in [3.63, 3.8) is 0 Å². The van der Waals surface area contributed by atoms with E-state index in [-0.39, 0.29) is 22.6 Å². The highest BCUT2D eigenvalue weighted by Crippen LogP contribution is 2.21. The fourth-order valence-electron chi connectivity index (χ4n) is 1.62. The van der Waals surface area contributed by atoms with Crippen molar-refractivity contribution < 1.29 is 23.1 Å². The lowest BCUT2D eigenvalue weighted by Gasteiger charge is -2.08. The van der Waals surface area contributed by atoms with Gasteiger partial charge in [0.1, 0.15) is 23.2 Å². The fraction of sp³-hybridized carbons (Fsp3) is 0.0714. The molecule has 0 heterocycles. The molecule has 104 valence electrons. The number of phenols is 1. The van der Waals surface area contributed by atoms with Gasteiger partial charge in [0.25, 0.3) is 5.91 Å². The molecule has 0 aliphatic carbocycles. The SMILES string of the molecule is Cc1cc(F)c(NC(=O)c2ccc(O)cc2F)cc1F. The minimum absolute atomic E-state index is 0.0938. The van der Waals surface area contributed by atoms with Crippen molar-refractivity contribution in [2.45, 2.75) is 6.92 Å². The quantitative estimate of drug-likeness (QED) is 0.886. The van der Waals surface area contributed by atoms with E-state index in [0.717, 1.165) is 30.3 Å². The summed E-state index contributed by atoms with van der Waals surface area (Å²) < 4.78 is 40.3. The summed E-state index contributed by atoms with van der Waals surface area (Å²) in [6.07, 6.45) is 0. The maximum absolute atomic E-state index is 13.6. The lowest BCUT2D eigenvalue weighted by atomic mass is 10.1. The molecule has 2 aromatic rings. The molecule has 6 heteroatoms. The number of carbonyl (C=O) groups excluding carboxylic acids is 1. The Morgan fingerprint density at radius 2 is 1.75 bits per heavy atom. The Morgan fingerprint density at radius 3 is 2.40 bits per heavy atom. The van der Waals surface area contributed by atoms with Crippen LogP contribution >= 0.6 is 0 Å². The van der Waals surface area contributed by atoms with E-state index < -0.39 is 23.4 Å². The smallest absolute Gasteiger partial charge is 0.258 e. The van der Waals surface area contributed by atoms with Gasteiger partial charge in [-0.15, -0.1) is 0 Å². The number of nitrogens with one attached hydrogen (secondary N) is 1. The molecule has 0 spiro atoms. The van der Waals surface area contributed by atoms with E-state index in [2.05, 4.69) is 5.32 Å². The van der Waals surface area contributed by atoms with E-state index in [0.29, 0.717) is 0 Å². The molecule has 0 saturated heterocycles. The second-order valence-corrected chi connectivity index (χ2v) is 4.20. The zero-order chi connectivity index (χ0) is 14.9. The Kier molecular flexibility index (Phi) is 3.65. The number of anilines is 1. The molecule has 2 aromatic carbocycles. The van der Waals surface area contributed by atoms with Crippen LogP contribution in [0.15, 0.2) is 30.3 Å². The molecule has 0 aromatic heterocycles. The van der Waals surface area contributed by atoms with Gasteiger partial charge in [0.2, 0.25) is 0 Å². The van der Waals surface area contributed by atoms with Crippen molar-refractivity contribution in [1.29, 1.82) is 0 Å². The van der Waals surface area contributed by atoms with Crippen molar-refractivity contribution in [2.24, 2.45) is 0 Å². The molecular formula is C14H10F3NO2. The van der Waals surface area contributed by atoms with E-state index in [4.69, 9.17) is 5.11 Å². The van der Waals surface area contributed by atoms with Crippen LogP contribution in [-0.2, 0) is 0 Å². The first-order valence-corrected chi connectivity index (χ1v) is 5.64. The molecular weight excluding hydrogens is 271 g/mol. The largest absolute Gasteiger partial charge is 0.508 e. The maximum Gasteiger partial charge on any atom is 0.258 e. The van der Waals surface area contributed by atoms with E-state index in [1.807, 2.05) is 0 Å². The van der Waals surface area contributed by atoms with Gasteiger partial charge in [-0.1, -0.05) is 0 Å². The van der Waals surface area contributed by atoms with Crippen LogP contribution in [-0.4, -0.2) is 11.0 Å². The molecule has 0 saturated carbocycles. The monoisotopic (exact) mass is 281 g/mol. The molecule has 0 unspecified atom stereocenters. The van der Waals surface area contributed by atoms with Gasteiger partial charge in [0.05, 0.1) is 11.3 Å². The molecule has 20 heavy (non-hydrogen) atoms. The fourth-order valence-corrected chi connectivity index (χ4v) is 1.62. The van der Waals surface area contributed by atoms with Gasteiger partial charge in [-0.05, 0) is 30.7 Å². The van der Waals surface area contributed by atoms with Crippen LogP contribution in [0.3, 0.4) is 0 Å². The summed E-state index contributed by atoms with van der Waals surface area (Å²) >= 11 is 0. The van der Waals surface area contributed by atoms with Crippen LogP contribution in [0.4, 0.5) is 18.9 Å². The van der Waals surface area contributed by atoms with E-state index in [9.17, 15) is 18.0 Å². The molecule has 0 aliphatic heterocycles. The zero-order valence-electron chi connectivity index (χ0n) is 10.4. The predicted octanol–water partition coefficient (Wildman–Crippen LogP) is 3.37. The minimum atomic E-state index is -0.963. The summed E-state index contributed by atoms with van der Waals surface area (Å²) in [5.41, 5.74) is -0.676. The number of aromatic hydroxyl groups is 1. The van der Waals surface area contributed by atoms with E-state index >= 15 is 0 Å². The van der Waals surface area contributed by atoms with Gasteiger partial charge < -0.3 is 10.4 Å². The number of aryl methyl sites for hydroxylation is 1. The van der Waals surface area contributed by atoms with Crippen LogP contribution in [0.2, 0.25) is 0 Å². The minimum Gasteiger partial charge on any atom is -0.508 e. The van der Waals surface area contributed by atoms with Crippen LogP contribution in [0.1, 0.15) is 15.9 Å². The first-order valence-electron chi connectivity index (χ1n) is 5.64. The second-order valence-electron chi connectivity index (χ2n) is 4.20. The molecule has 0 fully saturated rings. The second kappa shape index (κ2) is 5.24. The number of phenolic OH excluding ortho intramolecular Hbond substituents is 1. The molecule has 2 N–H and O–H groups in total. The summed E-state index contributed by atoms with van der Waals surface area (Å²) in [5, 5.41) is 11.1. The van der Waals surface area contributed by atoms with Crippen LogP contribution in [0, 0.1) is 24.4 Å². The van der Waals surface area contributed by atoms with Crippen LogP contribution in [0.5, 0.6) is 5.75 Å². The summed E-state index contributed by atoms with van der Waals surface area (Å²) in [6, 6.07) is 4.66. The number of benzene rings is 2. The lowest BCUT2D eigenvalue weighted by Crippen LogP contribution is -2.15. The van der Waals surface area contributed by atoms with Crippen LogP contribution < -0.4 is 5.32 Å². The molecule has 0 bridgehead atoms. The Labute approximate surface area is 112 Å². The molecule has 3 nitrogen and oxygen atoms in total. The van der Waals surface area contributed by atoms with Gasteiger partial charge in [-0.2, -0.15) is 0 Å². The number of hydrogen-bond acceptors (Lipinski definition) is 2. The summed E-state index contributed by atoms with van der Waals surface area (Å²) in [6.45, 7) is 1.38. The highest BCUT2D eigenvalue weighted by atomic mass is 19.1. The Morgan fingerprint density at radius 1 is 1.05 bits per heavy atom. The van der Waals surface area contributed by atoms with Crippen molar-refractivity contribution >= 4 is 11.6 Å². The molecule has 2 rings (SSSR count). The first kappa shape index (κ1) is 13.9. The van der Waals surface area contributed by atoms with Crippen molar-refractivity contribution in [1.82, 2.24) is 0 Å². The third-order valence-electron chi connectivity index (χ3n) is 2.69. The molecule has 0 atom stereocenters. The third kappa shape index (κ3) is 2.74. The molecule has 0 radical (unpaired) electrons. The van der Waals surface area contributed by atoms with Gasteiger partial charge in [0.15, 0.2) is 0 Å². The highest BCUT2D eigenvalue weighted by molar-refractivity contribution is 6.04. The number of rotatable bonds is 2. The number of halogens is 3. The third-order valence-corrected chi connectivity index (χ3v) is 2.69. The summed E-state index contributed by atoms with van der Waals surface area (Å²) in [5.74, 6) is -3.75. The summed E-state index contributed by atoms with van der Waals surface area (Å²) in [7, 11) is 0. The zero-order valence-corrected chi connectivity index (χ0v) is 10.4. The topological polar surface area (TPSA) is 49.3 Å². The van der Waals surface area contributed by atoms with Gasteiger partial charge in [0, 0.05) is 12.1 Å². The lowest BCUT2D eigenvalue weighted by molar-refractivity contribution is 0.102. The maximum atomic E-state index is 13.6. The van der Waals surface area contributed by atoms with Crippen molar-refractivity contribution in [3.8, 4) is 5.75 Å². The number of carbonyl (C=O) groups is 1. The van der Waals surface area contributed by atoms with E-state index in [1.54, 1.807) is 0 Å². The standard InChI is InChI=1S/C14H10F3NO2/c1-7-4-12(17)13(6-10(7)15)18-14(20)9-3-2-8(19)5-11(9)16/h2-6,19H,1H3,(H,18,20). The first-order chi connectivity index (χ1) is 9.38. The average Bonchev–Trinajstić information content (AvgIpc) is 2.35. The number of amides is 1.